The molecule has 2 aromatic carbocycles. The molecule has 116 valence electrons. The summed E-state index contributed by atoms with van der Waals surface area (Å²) < 4.78 is 0. The molecule has 1 aliphatic heterocycles. The summed E-state index contributed by atoms with van der Waals surface area (Å²) in [5.74, 6) is -1.32. The van der Waals surface area contributed by atoms with Crippen LogP contribution in [0.25, 0.3) is 11.1 Å². The van der Waals surface area contributed by atoms with Gasteiger partial charge >= 0.3 is 5.97 Å². The summed E-state index contributed by atoms with van der Waals surface area (Å²) in [4.78, 5) is 22.5. The first-order valence-corrected chi connectivity index (χ1v) is 7.39. The normalized spacial score (nSPS) is 14.5. The summed E-state index contributed by atoms with van der Waals surface area (Å²) in [5.41, 5.74) is 3.88. The van der Waals surface area contributed by atoms with Gasteiger partial charge in [-0.25, -0.2) is 5.01 Å². The molecule has 0 aromatic heterocycles. The lowest BCUT2D eigenvalue weighted by Gasteiger charge is -2.22. The lowest BCUT2D eigenvalue weighted by molar-refractivity contribution is -0.144. The minimum absolute atomic E-state index is 0.253. The number of carbonyl (C=O) groups excluding carboxylic acids is 1. The van der Waals surface area contributed by atoms with Gasteiger partial charge in [-0.05, 0) is 16.7 Å². The van der Waals surface area contributed by atoms with E-state index in [0.717, 1.165) is 27.4 Å². The largest absolute Gasteiger partial charge is 0.480 e. The van der Waals surface area contributed by atoms with Crippen LogP contribution in [0.4, 0.5) is 0 Å². The molecule has 5 nitrogen and oxygen atoms in total. The maximum atomic E-state index is 11.7. The highest BCUT2D eigenvalue weighted by Gasteiger charge is 2.23. The van der Waals surface area contributed by atoms with E-state index in [1.54, 1.807) is 0 Å². The highest BCUT2D eigenvalue weighted by atomic mass is 16.4. The number of rotatable bonds is 4. The molecule has 1 N–H and O–H groups in total. The molecule has 0 radical (unpaired) electrons. The van der Waals surface area contributed by atoms with Crippen molar-refractivity contribution in [2.24, 2.45) is 5.10 Å². The third-order valence-corrected chi connectivity index (χ3v) is 3.72. The summed E-state index contributed by atoms with van der Waals surface area (Å²) in [7, 11) is 0. The zero-order valence-electron chi connectivity index (χ0n) is 12.5. The van der Waals surface area contributed by atoms with E-state index in [1.165, 1.54) is 0 Å². The highest BCUT2D eigenvalue weighted by molar-refractivity contribution is 6.04. The molecule has 23 heavy (non-hydrogen) atoms. The summed E-state index contributed by atoms with van der Waals surface area (Å²) in [5, 5.41) is 14.1. The van der Waals surface area contributed by atoms with Gasteiger partial charge in [-0.1, -0.05) is 54.6 Å². The van der Waals surface area contributed by atoms with Gasteiger partial charge in [0.2, 0.25) is 5.91 Å². The topological polar surface area (TPSA) is 70.0 Å². The van der Waals surface area contributed by atoms with Crippen LogP contribution >= 0.6 is 0 Å². The Balaban J connectivity index is 1.84. The lowest BCUT2D eigenvalue weighted by atomic mass is 10.00. The first-order chi connectivity index (χ1) is 11.1. The first-order valence-electron chi connectivity index (χ1n) is 7.39. The summed E-state index contributed by atoms with van der Waals surface area (Å²) in [6, 6.07) is 18.0. The summed E-state index contributed by atoms with van der Waals surface area (Å²) in [6.45, 7) is -0.398. The molecule has 5 heteroatoms. The number of hydrazone groups is 1. The van der Waals surface area contributed by atoms with Gasteiger partial charge in [-0.2, -0.15) is 5.10 Å². The van der Waals surface area contributed by atoms with E-state index in [9.17, 15) is 9.59 Å². The molecule has 0 spiro atoms. The molecule has 0 aliphatic carbocycles. The second kappa shape index (κ2) is 6.44. The third-order valence-electron chi connectivity index (χ3n) is 3.72. The fraction of sp³-hybridized carbons (Fsp3) is 0.167. The SMILES string of the molecule is O=C(O)CN1N=C(c2ccc(-c3ccccc3)cc2)CCC1=O. The number of nitrogens with zero attached hydrogens (tertiary/aromatic N) is 2. The van der Waals surface area contributed by atoms with Crippen molar-refractivity contribution in [3.05, 3.63) is 60.2 Å². The van der Waals surface area contributed by atoms with Crippen LogP contribution in [0.3, 0.4) is 0 Å². The van der Waals surface area contributed by atoms with Gasteiger partial charge in [-0.15, -0.1) is 0 Å². The predicted molar refractivity (Wildman–Crippen MR) is 87.0 cm³/mol. The van der Waals surface area contributed by atoms with Crippen LogP contribution in [-0.2, 0) is 9.59 Å². The Bertz CT molecular complexity index is 752. The van der Waals surface area contributed by atoms with Crippen molar-refractivity contribution in [2.75, 3.05) is 6.54 Å². The molecule has 0 fully saturated rings. The zero-order chi connectivity index (χ0) is 16.2. The van der Waals surface area contributed by atoms with Gasteiger partial charge in [-0.3, -0.25) is 9.59 Å². The van der Waals surface area contributed by atoms with E-state index in [4.69, 9.17) is 5.11 Å². The number of benzene rings is 2. The van der Waals surface area contributed by atoms with Gasteiger partial charge < -0.3 is 5.11 Å². The molecule has 1 aliphatic rings. The van der Waals surface area contributed by atoms with Crippen LogP contribution in [0.1, 0.15) is 18.4 Å². The fourth-order valence-corrected chi connectivity index (χ4v) is 2.55. The van der Waals surface area contributed by atoms with Crippen LogP contribution in [0, 0.1) is 0 Å². The van der Waals surface area contributed by atoms with E-state index in [2.05, 4.69) is 5.10 Å². The van der Waals surface area contributed by atoms with Crippen LogP contribution in [-0.4, -0.2) is 34.2 Å². The van der Waals surface area contributed by atoms with Gasteiger partial charge in [0.25, 0.3) is 0 Å². The van der Waals surface area contributed by atoms with E-state index in [1.807, 2.05) is 54.6 Å². The Labute approximate surface area is 133 Å². The molecule has 0 atom stereocenters. The Hall–Kier alpha value is -2.95. The molecule has 0 unspecified atom stereocenters. The Morgan fingerprint density at radius 1 is 0.957 bits per heavy atom. The van der Waals surface area contributed by atoms with Gasteiger partial charge in [0.15, 0.2) is 0 Å². The Morgan fingerprint density at radius 3 is 2.22 bits per heavy atom. The van der Waals surface area contributed by atoms with Crippen molar-refractivity contribution in [1.82, 2.24) is 5.01 Å². The monoisotopic (exact) mass is 308 g/mol. The number of hydrogen-bond acceptors (Lipinski definition) is 3. The minimum Gasteiger partial charge on any atom is -0.480 e. The lowest BCUT2D eigenvalue weighted by Crippen LogP contribution is -2.35. The Kier molecular flexibility index (Phi) is 4.19. The van der Waals surface area contributed by atoms with Gasteiger partial charge in [0.05, 0.1) is 5.71 Å². The van der Waals surface area contributed by atoms with Crippen molar-refractivity contribution in [3.63, 3.8) is 0 Å². The minimum atomic E-state index is -1.07. The first kappa shape index (κ1) is 15.0. The molecular formula is C18H16N2O3. The average Bonchev–Trinajstić information content (AvgIpc) is 2.57. The Morgan fingerprint density at radius 2 is 1.57 bits per heavy atom. The summed E-state index contributed by atoms with van der Waals surface area (Å²) >= 11 is 0. The molecule has 1 amide bonds. The average molecular weight is 308 g/mol. The van der Waals surface area contributed by atoms with Crippen LogP contribution in [0.5, 0.6) is 0 Å². The summed E-state index contributed by atoms with van der Waals surface area (Å²) in [6.07, 6.45) is 0.812. The van der Waals surface area contributed by atoms with E-state index >= 15 is 0 Å². The number of carbonyl (C=O) groups is 2. The van der Waals surface area contributed by atoms with E-state index in [0.29, 0.717) is 6.42 Å². The molecular weight excluding hydrogens is 292 g/mol. The third kappa shape index (κ3) is 3.45. The maximum absolute atomic E-state index is 11.7. The molecule has 2 aromatic rings. The van der Waals surface area contributed by atoms with Crippen molar-refractivity contribution in [1.29, 1.82) is 0 Å². The number of amides is 1. The molecule has 0 saturated carbocycles. The van der Waals surface area contributed by atoms with E-state index < -0.39 is 12.5 Å². The highest BCUT2D eigenvalue weighted by Crippen LogP contribution is 2.21. The van der Waals surface area contributed by atoms with Gasteiger partial charge in [0.1, 0.15) is 6.54 Å². The molecule has 1 heterocycles. The van der Waals surface area contributed by atoms with Gasteiger partial charge in [0, 0.05) is 12.8 Å². The van der Waals surface area contributed by atoms with Crippen LogP contribution < -0.4 is 0 Å². The molecule has 0 saturated heterocycles. The zero-order valence-corrected chi connectivity index (χ0v) is 12.5. The second-order valence-electron chi connectivity index (χ2n) is 5.34. The fourth-order valence-electron chi connectivity index (χ4n) is 2.55. The van der Waals surface area contributed by atoms with Crippen LogP contribution in [0.2, 0.25) is 0 Å². The predicted octanol–water partition coefficient (Wildman–Crippen LogP) is 2.76. The van der Waals surface area contributed by atoms with Crippen molar-refractivity contribution < 1.29 is 14.7 Å². The smallest absolute Gasteiger partial charge is 0.325 e. The number of hydrogen-bond donors (Lipinski definition) is 1. The number of aliphatic carboxylic acids is 1. The van der Waals surface area contributed by atoms with E-state index in [-0.39, 0.29) is 12.3 Å². The maximum Gasteiger partial charge on any atom is 0.325 e. The van der Waals surface area contributed by atoms with Crippen molar-refractivity contribution >= 4 is 17.6 Å². The molecule has 0 bridgehead atoms. The standard InChI is InChI=1S/C18H16N2O3/c21-17-11-10-16(19-20(17)12-18(22)23)15-8-6-14(7-9-15)13-4-2-1-3-5-13/h1-9H,10-12H2,(H,22,23). The number of carboxylic acid groups (broad SMARTS) is 1. The second-order valence-corrected chi connectivity index (χ2v) is 5.34. The van der Waals surface area contributed by atoms with Crippen LogP contribution in [0.15, 0.2) is 59.7 Å². The van der Waals surface area contributed by atoms with Crippen molar-refractivity contribution in [3.8, 4) is 11.1 Å². The molecule has 3 rings (SSSR count). The quantitative estimate of drug-likeness (QED) is 0.944. The van der Waals surface area contributed by atoms with Crippen molar-refractivity contribution in [2.45, 2.75) is 12.8 Å². The number of carboxylic acids is 1.